The van der Waals surface area contributed by atoms with E-state index in [-0.39, 0.29) is 145 Å². The molecule has 24 bridgehead atoms. The molecule has 24 nitrogen and oxygen atoms in total. The molecule has 592 valence electrons. The molecule has 0 saturated heterocycles. The van der Waals surface area contributed by atoms with Crippen molar-refractivity contribution in [3.8, 4) is 23.0 Å². The number of hydrogen-bond donors (Lipinski definition) is 4. The van der Waals surface area contributed by atoms with E-state index in [1.165, 1.54) is 28.4 Å². The van der Waals surface area contributed by atoms with E-state index in [1.54, 1.807) is 97.1 Å². The number of ether oxygens (including phenoxy) is 8. The molecule has 23 aliphatic rings. The Hall–Kier alpha value is -9.48. The first kappa shape index (κ1) is 75.2. The summed E-state index contributed by atoms with van der Waals surface area (Å²) in [5.41, 5.74) is -5.13. The SMILES string of the molecule is COC(=O)C1Cc2ccc(cc2)OC(=O)C23CC4CC(C2)CC(C4)(C3)C(=O)Oc2ccc(cc2)CC(C(=O)OC)NC(=O)C23CC4CC(C2)CC(C4)(C3)C(=O)NC(C(=O)OC)Cc2ccc(cc2)OC(=O)C23CC4CC(CC(C4)(C2)C(=O)Oc2ccc(cc2)CC(C(=O)OC)NC(=O)C24CC5CC(CC(C5)(C2)C(=O)N1)C4)C3. The number of nitrogens with one attached hydrogen (secondary N) is 4. The minimum absolute atomic E-state index is 0.0372. The van der Waals surface area contributed by atoms with Crippen LogP contribution in [0.2, 0.25) is 0 Å². The van der Waals surface area contributed by atoms with Crippen molar-refractivity contribution in [1.29, 1.82) is 0 Å². The van der Waals surface area contributed by atoms with E-state index >= 15 is 0 Å². The van der Waals surface area contributed by atoms with E-state index in [9.17, 15) is 57.5 Å². The summed E-state index contributed by atoms with van der Waals surface area (Å²) in [5, 5.41) is 12.2. The second-order valence-corrected chi connectivity index (χ2v) is 37.2. The average molecular weight is 1530 g/mol. The lowest BCUT2D eigenvalue weighted by Crippen LogP contribution is -2.63. The summed E-state index contributed by atoms with van der Waals surface area (Å²) in [6.07, 6.45) is 13.3. The van der Waals surface area contributed by atoms with Gasteiger partial charge >= 0.3 is 47.8 Å². The molecule has 16 aliphatic carbocycles. The zero-order valence-electron chi connectivity index (χ0n) is 64.1. The Morgan fingerprint density at radius 3 is 0.598 bits per heavy atom. The molecule has 24 heteroatoms. The van der Waals surface area contributed by atoms with Gasteiger partial charge in [-0.1, -0.05) is 48.5 Å². The quantitative estimate of drug-likeness (QED) is 0.0839. The number of carbonyl (C=O) groups is 12. The first-order chi connectivity index (χ1) is 53.6. The molecule has 4 N–H and O–H groups in total. The molecule has 112 heavy (non-hydrogen) atoms. The largest absolute Gasteiger partial charge is 0.467 e. The maximum Gasteiger partial charge on any atom is 0.328 e. The van der Waals surface area contributed by atoms with Crippen LogP contribution < -0.4 is 40.2 Å². The van der Waals surface area contributed by atoms with Crippen molar-refractivity contribution < 1.29 is 95.4 Å². The molecule has 4 aromatic carbocycles. The molecule has 7 heterocycles. The Morgan fingerprint density at radius 2 is 0.429 bits per heavy atom. The number of esters is 8. The van der Waals surface area contributed by atoms with Crippen molar-refractivity contribution in [2.75, 3.05) is 28.4 Å². The molecule has 0 radical (unpaired) electrons. The van der Waals surface area contributed by atoms with Crippen LogP contribution in [0.15, 0.2) is 97.1 Å². The second kappa shape index (κ2) is 28.3. The standard InChI is InChI=1S/C88H100N4O20/c1-105-69(93)65-25-49-5-13-61(14-6-49)109-77(101)85-37-57-23-58(38-85)40-86(39-57,47-85)78(102)110-63-17-9-51(10-18-63)27-67(71(95)107-3)91-75(99)83-33-55-22-56(34-83)36-84(35-55,46-83)76(100)92-68(72(96)108-4)28-52-11-19-64(20-12-52)112-80(104)88-43-59-24-60(44-88)42-87(41-59,48-88)79(103)111-62-15-7-50(8-16-62)26-66(70(94)106-2)90-74(98)82-31-53-21-54(32-82)30-81(29-53,45-82)73(97)89-65/h5-20,53-60,65-68H,21-48H2,1-4H3,(H,89,97)(H,90,98)(H,91,99)(H,92,100). The second-order valence-electron chi connectivity index (χ2n) is 37.2. The van der Waals surface area contributed by atoms with Crippen molar-refractivity contribution in [3.05, 3.63) is 119 Å². The van der Waals surface area contributed by atoms with Gasteiger partial charge in [-0.25, -0.2) is 19.2 Å². The number of benzene rings is 4. The lowest BCUT2D eigenvalue weighted by Gasteiger charge is -2.60. The van der Waals surface area contributed by atoms with Gasteiger partial charge in [0.15, 0.2) is 0 Å². The van der Waals surface area contributed by atoms with Crippen molar-refractivity contribution in [2.24, 2.45) is 90.7 Å². The van der Waals surface area contributed by atoms with Gasteiger partial charge in [-0.3, -0.25) is 38.4 Å². The Balaban J connectivity index is 0.624. The average Bonchev–Trinajstić information content (AvgIpc) is 0.728. The molecular weight excluding hydrogens is 1430 g/mol. The van der Waals surface area contributed by atoms with Crippen molar-refractivity contribution in [3.63, 3.8) is 0 Å². The van der Waals surface area contributed by atoms with Crippen LogP contribution in [-0.2, 0) is 102 Å². The molecule has 4 amide bonds. The van der Waals surface area contributed by atoms with Crippen LogP contribution >= 0.6 is 0 Å². The van der Waals surface area contributed by atoms with Gasteiger partial charge < -0.3 is 59.2 Å². The summed E-state index contributed by atoms with van der Waals surface area (Å²) in [7, 11) is 5.03. The van der Waals surface area contributed by atoms with E-state index in [0.717, 1.165) is 25.7 Å². The van der Waals surface area contributed by atoms with Crippen LogP contribution in [0.3, 0.4) is 0 Å². The van der Waals surface area contributed by atoms with Crippen molar-refractivity contribution in [1.82, 2.24) is 21.3 Å². The third-order valence-electron chi connectivity index (χ3n) is 29.4. The van der Waals surface area contributed by atoms with Gasteiger partial charge in [0.25, 0.3) is 0 Å². The summed E-state index contributed by atoms with van der Waals surface area (Å²) in [6, 6.07) is 22.7. The van der Waals surface area contributed by atoms with E-state index in [0.29, 0.717) is 125 Å². The van der Waals surface area contributed by atoms with E-state index in [1.807, 2.05) is 0 Å². The molecule has 16 saturated carbocycles. The van der Waals surface area contributed by atoms with Crippen LogP contribution in [0.5, 0.6) is 23.0 Å². The number of hydrogen-bond acceptors (Lipinski definition) is 20. The highest BCUT2D eigenvalue weighted by Gasteiger charge is 2.69. The van der Waals surface area contributed by atoms with Gasteiger partial charge in [0, 0.05) is 25.7 Å². The van der Waals surface area contributed by atoms with Crippen LogP contribution in [0.25, 0.3) is 0 Å². The number of carbonyl (C=O) groups excluding carboxylic acids is 12. The number of methoxy groups -OCH3 is 4. The van der Waals surface area contributed by atoms with Gasteiger partial charge in [0.2, 0.25) is 23.6 Å². The van der Waals surface area contributed by atoms with Gasteiger partial charge in [-0.05, 0) is 272 Å². The van der Waals surface area contributed by atoms with Gasteiger partial charge in [-0.15, -0.1) is 0 Å². The highest BCUT2D eigenvalue weighted by atomic mass is 16.6. The summed E-state index contributed by atoms with van der Waals surface area (Å²) in [6.45, 7) is 0. The topological polar surface area (TPSA) is 327 Å². The Bertz CT molecular complexity index is 3910. The van der Waals surface area contributed by atoms with Gasteiger partial charge in [-0.2, -0.15) is 0 Å². The van der Waals surface area contributed by atoms with Crippen molar-refractivity contribution >= 4 is 71.4 Å². The van der Waals surface area contributed by atoms with E-state index < -0.39 is 115 Å². The zero-order chi connectivity index (χ0) is 78.1. The van der Waals surface area contributed by atoms with E-state index in [2.05, 4.69) is 21.3 Å². The molecule has 4 aromatic rings. The first-order valence-corrected chi connectivity index (χ1v) is 40.5. The molecule has 16 fully saturated rings. The van der Waals surface area contributed by atoms with Gasteiger partial charge in [0.1, 0.15) is 47.2 Å². The number of rotatable bonds is 4. The molecular formula is C88H100N4O20. The molecule has 27 rings (SSSR count). The Labute approximate surface area is 650 Å². The Kier molecular flexibility index (Phi) is 19.0. The summed E-state index contributed by atoms with van der Waals surface area (Å²) < 4.78 is 46.0. The van der Waals surface area contributed by atoms with Crippen LogP contribution in [0.4, 0.5) is 0 Å². The first-order valence-electron chi connectivity index (χ1n) is 40.5. The summed E-state index contributed by atoms with van der Waals surface area (Å²) in [5.74, 6) is -4.11. The maximum absolute atomic E-state index is 15.0. The fourth-order valence-electron chi connectivity index (χ4n) is 26.2. The van der Waals surface area contributed by atoms with Crippen LogP contribution in [0.1, 0.15) is 176 Å². The fraction of sp³-hybridized carbons (Fsp3) is 0.591. The zero-order valence-corrected chi connectivity index (χ0v) is 64.1. The van der Waals surface area contributed by atoms with Crippen LogP contribution in [0, 0.1) is 90.7 Å². The predicted molar refractivity (Wildman–Crippen MR) is 397 cm³/mol. The minimum Gasteiger partial charge on any atom is -0.467 e. The van der Waals surface area contributed by atoms with Crippen LogP contribution in [-0.4, -0.2) is 124 Å². The smallest absolute Gasteiger partial charge is 0.328 e. The highest BCUT2D eigenvalue weighted by Crippen LogP contribution is 2.70. The monoisotopic (exact) mass is 1530 g/mol. The lowest BCUT2D eigenvalue weighted by molar-refractivity contribution is -0.184. The normalized spacial score (nSPS) is 38.7. The molecule has 0 aromatic heterocycles. The lowest BCUT2D eigenvalue weighted by atomic mass is 9.43. The maximum atomic E-state index is 15.0. The van der Waals surface area contributed by atoms with Crippen molar-refractivity contribution in [2.45, 2.75) is 204 Å². The fourth-order valence-corrected chi connectivity index (χ4v) is 26.2. The Morgan fingerprint density at radius 1 is 0.268 bits per heavy atom. The predicted octanol–water partition coefficient (Wildman–Crippen LogP) is 9.57. The highest BCUT2D eigenvalue weighted by molar-refractivity contribution is 5.95. The third kappa shape index (κ3) is 13.6. The van der Waals surface area contributed by atoms with E-state index in [4.69, 9.17) is 37.9 Å². The molecule has 4 unspecified atom stereocenters. The third-order valence-corrected chi connectivity index (χ3v) is 29.4. The minimum atomic E-state index is -1.11. The molecule has 7 aliphatic heterocycles. The van der Waals surface area contributed by atoms with Gasteiger partial charge in [0.05, 0.1) is 71.8 Å². The summed E-state index contributed by atoms with van der Waals surface area (Å²) >= 11 is 0. The number of amides is 4. The molecule has 4 atom stereocenters. The molecule has 8 spiro atoms. The summed E-state index contributed by atoms with van der Waals surface area (Å²) in [4.78, 5) is 173.